The molecule has 1 N–H and O–H groups in total. The predicted octanol–water partition coefficient (Wildman–Crippen LogP) is 1.97. The van der Waals surface area contributed by atoms with E-state index in [9.17, 15) is 5.11 Å². The third-order valence-electron chi connectivity index (χ3n) is 4.25. The lowest BCUT2D eigenvalue weighted by molar-refractivity contribution is 0.0608. The minimum atomic E-state index is 0.273. The highest BCUT2D eigenvalue weighted by Crippen LogP contribution is 2.15. The fourth-order valence-electron chi connectivity index (χ4n) is 2.91. The van der Waals surface area contributed by atoms with Crippen molar-refractivity contribution in [1.82, 2.24) is 9.80 Å². The van der Waals surface area contributed by atoms with Crippen molar-refractivity contribution in [1.29, 1.82) is 0 Å². The summed E-state index contributed by atoms with van der Waals surface area (Å²) in [5.74, 6) is 0.944. The molecule has 0 aliphatic carbocycles. The van der Waals surface area contributed by atoms with Crippen LogP contribution in [0.5, 0.6) is 5.75 Å². The van der Waals surface area contributed by atoms with Crippen LogP contribution in [0.3, 0.4) is 0 Å². The zero-order valence-corrected chi connectivity index (χ0v) is 13.3. The van der Waals surface area contributed by atoms with Gasteiger partial charge in [0, 0.05) is 38.8 Å². The van der Waals surface area contributed by atoms with Crippen LogP contribution in [0.2, 0.25) is 0 Å². The molecular weight excluding hydrogens is 264 g/mol. The molecule has 1 aromatic carbocycles. The molecule has 1 aliphatic heterocycles. The molecular formula is C17H28N2O2. The van der Waals surface area contributed by atoms with E-state index < -0.39 is 0 Å². The van der Waals surface area contributed by atoms with Crippen molar-refractivity contribution in [3.05, 3.63) is 29.8 Å². The summed E-state index contributed by atoms with van der Waals surface area (Å²) in [6.07, 6.45) is 1.02. The van der Waals surface area contributed by atoms with Crippen LogP contribution in [0.1, 0.15) is 25.8 Å². The van der Waals surface area contributed by atoms with Gasteiger partial charge < -0.3 is 9.84 Å². The summed E-state index contributed by atoms with van der Waals surface area (Å²) < 4.78 is 5.47. The van der Waals surface area contributed by atoms with Crippen molar-refractivity contribution < 1.29 is 9.84 Å². The normalized spacial score (nSPS) is 18.6. The molecule has 0 bridgehead atoms. The lowest BCUT2D eigenvalue weighted by atomic mass is 10.1. The first-order chi connectivity index (χ1) is 10.3. The Kier molecular flexibility index (Phi) is 6.49. The van der Waals surface area contributed by atoms with Gasteiger partial charge in [0.1, 0.15) is 5.75 Å². The minimum Gasteiger partial charge on any atom is -0.494 e. The molecule has 0 saturated carbocycles. The van der Waals surface area contributed by atoms with Gasteiger partial charge in [0.25, 0.3) is 0 Å². The van der Waals surface area contributed by atoms with E-state index in [0.29, 0.717) is 12.6 Å². The number of benzene rings is 1. The Morgan fingerprint density at radius 2 is 1.76 bits per heavy atom. The highest BCUT2D eigenvalue weighted by atomic mass is 16.5. The van der Waals surface area contributed by atoms with E-state index >= 15 is 0 Å². The van der Waals surface area contributed by atoms with Crippen LogP contribution in [0.15, 0.2) is 24.3 Å². The van der Waals surface area contributed by atoms with Gasteiger partial charge in [0.15, 0.2) is 0 Å². The van der Waals surface area contributed by atoms with Crippen molar-refractivity contribution in [2.75, 3.05) is 39.4 Å². The topological polar surface area (TPSA) is 35.9 Å². The Bertz CT molecular complexity index is 396. The number of rotatable bonds is 7. The molecule has 4 nitrogen and oxygen atoms in total. The summed E-state index contributed by atoms with van der Waals surface area (Å²) in [7, 11) is 0. The summed E-state index contributed by atoms with van der Waals surface area (Å²) in [6.45, 7) is 10.4. The van der Waals surface area contributed by atoms with E-state index in [2.05, 4.69) is 28.9 Å². The molecule has 0 amide bonds. The van der Waals surface area contributed by atoms with Gasteiger partial charge in [-0.05, 0) is 31.0 Å². The van der Waals surface area contributed by atoms with Gasteiger partial charge in [0.05, 0.1) is 13.2 Å². The Morgan fingerprint density at radius 1 is 1.10 bits per heavy atom. The molecule has 1 aliphatic rings. The maximum absolute atomic E-state index is 9.38. The number of ether oxygens (including phenoxy) is 1. The third-order valence-corrected chi connectivity index (χ3v) is 4.25. The molecule has 4 heteroatoms. The molecule has 21 heavy (non-hydrogen) atoms. The van der Waals surface area contributed by atoms with Gasteiger partial charge in [0.2, 0.25) is 0 Å². The van der Waals surface area contributed by atoms with Crippen LogP contribution in [0.4, 0.5) is 0 Å². The fourth-order valence-corrected chi connectivity index (χ4v) is 2.91. The van der Waals surface area contributed by atoms with Crippen LogP contribution in [0, 0.1) is 0 Å². The van der Waals surface area contributed by atoms with Crippen molar-refractivity contribution in [2.24, 2.45) is 0 Å². The first kappa shape index (κ1) is 16.3. The van der Waals surface area contributed by atoms with E-state index in [1.54, 1.807) is 0 Å². The minimum absolute atomic E-state index is 0.273. The third kappa shape index (κ3) is 4.70. The van der Waals surface area contributed by atoms with Gasteiger partial charge in [-0.1, -0.05) is 19.1 Å². The average Bonchev–Trinajstić information content (AvgIpc) is 2.52. The second-order valence-electron chi connectivity index (χ2n) is 5.63. The summed E-state index contributed by atoms with van der Waals surface area (Å²) in [5.41, 5.74) is 1.33. The molecule has 1 saturated heterocycles. The molecule has 1 fully saturated rings. The van der Waals surface area contributed by atoms with E-state index in [4.69, 9.17) is 4.74 Å². The molecule has 118 valence electrons. The monoisotopic (exact) mass is 292 g/mol. The van der Waals surface area contributed by atoms with Gasteiger partial charge in [-0.3, -0.25) is 9.80 Å². The van der Waals surface area contributed by atoms with E-state index in [-0.39, 0.29) is 6.61 Å². The van der Waals surface area contributed by atoms with Crippen LogP contribution >= 0.6 is 0 Å². The van der Waals surface area contributed by atoms with Crippen LogP contribution in [-0.4, -0.2) is 60.3 Å². The fraction of sp³-hybridized carbons (Fsp3) is 0.647. The largest absolute Gasteiger partial charge is 0.494 e. The Labute approximate surface area is 128 Å². The number of aliphatic hydroxyl groups is 1. The first-order valence-electron chi connectivity index (χ1n) is 8.05. The second-order valence-corrected chi connectivity index (χ2v) is 5.63. The quantitative estimate of drug-likeness (QED) is 0.833. The van der Waals surface area contributed by atoms with Crippen molar-refractivity contribution >= 4 is 0 Å². The Morgan fingerprint density at radius 3 is 2.29 bits per heavy atom. The summed E-state index contributed by atoms with van der Waals surface area (Å²) >= 11 is 0. The van der Waals surface area contributed by atoms with Crippen molar-refractivity contribution in [2.45, 2.75) is 32.9 Å². The van der Waals surface area contributed by atoms with E-state index in [1.807, 2.05) is 19.1 Å². The molecule has 1 heterocycles. The maximum Gasteiger partial charge on any atom is 0.119 e. The summed E-state index contributed by atoms with van der Waals surface area (Å²) in [6, 6.07) is 8.74. The highest BCUT2D eigenvalue weighted by molar-refractivity contribution is 5.27. The second kappa shape index (κ2) is 8.37. The van der Waals surface area contributed by atoms with Crippen molar-refractivity contribution in [3.63, 3.8) is 0 Å². The summed E-state index contributed by atoms with van der Waals surface area (Å²) in [5, 5.41) is 9.38. The van der Waals surface area contributed by atoms with Crippen molar-refractivity contribution in [3.8, 4) is 5.75 Å². The number of hydrogen-bond donors (Lipinski definition) is 1. The van der Waals surface area contributed by atoms with Gasteiger partial charge in [-0.15, -0.1) is 0 Å². The molecule has 1 atom stereocenters. The van der Waals surface area contributed by atoms with Gasteiger partial charge in [-0.2, -0.15) is 0 Å². The molecule has 1 unspecified atom stereocenters. The van der Waals surface area contributed by atoms with E-state index in [0.717, 1.165) is 44.9 Å². The lowest BCUT2D eigenvalue weighted by Crippen LogP contribution is -2.50. The predicted molar refractivity (Wildman–Crippen MR) is 85.6 cm³/mol. The zero-order valence-electron chi connectivity index (χ0n) is 13.3. The highest BCUT2D eigenvalue weighted by Gasteiger charge is 2.22. The van der Waals surface area contributed by atoms with Crippen LogP contribution < -0.4 is 4.74 Å². The maximum atomic E-state index is 9.38. The van der Waals surface area contributed by atoms with E-state index in [1.165, 1.54) is 5.56 Å². The summed E-state index contributed by atoms with van der Waals surface area (Å²) in [4.78, 5) is 4.89. The smallest absolute Gasteiger partial charge is 0.119 e. The lowest BCUT2D eigenvalue weighted by Gasteiger charge is -2.38. The van der Waals surface area contributed by atoms with Gasteiger partial charge in [-0.25, -0.2) is 0 Å². The Balaban J connectivity index is 1.80. The number of hydrogen-bond acceptors (Lipinski definition) is 4. The van der Waals surface area contributed by atoms with Crippen LogP contribution in [-0.2, 0) is 6.54 Å². The zero-order chi connectivity index (χ0) is 15.1. The molecule has 2 rings (SSSR count). The molecule has 0 radical (unpaired) electrons. The number of nitrogens with zero attached hydrogens (tertiary/aromatic N) is 2. The van der Waals surface area contributed by atoms with Crippen LogP contribution in [0.25, 0.3) is 0 Å². The average molecular weight is 292 g/mol. The SMILES string of the molecule is CCOc1ccc(CN2CCN(C(CC)CO)CC2)cc1. The number of aliphatic hydroxyl groups excluding tert-OH is 1. The Hall–Kier alpha value is -1.10. The van der Waals surface area contributed by atoms with Gasteiger partial charge >= 0.3 is 0 Å². The first-order valence-corrected chi connectivity index (χ1v) is 8.05. The molecule has 0 spiro atoms. The molecule has 0 aromatic heterocycles. The number of piperazine rings is 1. The standard InChI is InChI=1S/C17H28N2O2/c1-3-16(14-20)19-11-9-18(10-12-19)13-15-5-7-17(8-6-15)21-4-2/h5-8,16,20H,3-4,9-14H2,1-2H3. The molecule has 1 aromatic rings.